The predicted molar refractivity (Wildman–Crippen MR) is 118 cm³/mol. The van der Waals surface area contributed by atoms with E-state index in [0.717, 1.165) is 29.7 Å². The van der Waals surface area contributed by atoms with Crippen LogP contribution in [0.1, 0.15) is 42.6 Å². The zero-order valence-electron chi connectivity index (χ0n) is 16.8. The van der Waals surface area contributed by atoms with E-state index in [1.807, 2.05) is 61.5 Å². The van der Waals surface area contributed by atoms with E-state index >= 15 is 0 Å². The highest BCUT2D eigenvalue weighted by Crippen LogP contribution is 2.20. The van der Waals surface area contributed by atoms with Crippen molar-refractivity contribution < 1.29 is 9.53 Å². The molecule has 152 valence electrons. The van der Waals surface area contributed by atoms with E-state index in [1.165, 1.54) is 0 Å². The van der Waals surface area contributed by atoms with Gasteiger partial charge in [-0.2, -0.15) is 0 Å². The summed E-state index contributed by atoms with van der Waals surface area (Å²) in [5.41, 5.74) is 2.57. The Bertz CT molecular complexity index is 893. The number of amides is 1. The van der Waals surface area contributed by atoms with Gasteiger partial charge in [0.2, 0.25) is 0 Å². The molecular weight excluding hydrogens is 384 g/mol. The number of unbranched alkanes of at least 4 members (excludes halogenated alkanes) is 1. The van der Waals surface area contributed by atoms with E-state index in [2.05, 4.69) is 23.6 Å². The average Bonchev–Trinajstić information content (AvgIpc) is 2.88. The Kier molecular flexibility index (Phi) is 7.50. The maximum atomic E-state index is 12.7. The van der Waals surface area contributed by atoms with Crippen LogP contribution < -0.4 is 15.4 Å². The second kappa shape index (κ2) is 10.3. The zero-order chi connectivity index (χ0) is 20.6. The number of hydrogen-bond donors (Lipinski definition) is 2. The standard InChI is InChI=1S/C24H27ClN2O2/c1-3-4-8-18(12-11-17(2)29-21-9-6-5-7-10-21)23-26-16-19-13-14-20(25)15-22(19)24(28)27-23/h5-15,17,23,26H,3-4,16H2,1-2H3,(H,27,28)/b12-11-,18-8+. The van der Waals surface area contributed by atoms with Crippen LogP contribution >= 0.6 is 11.6 Å². The monoisotopic (exact) mass is 410 g/mol. The maximum Gasteiger partial charge on any atom is 0.253 e. The fourth-order valence-corrected chi connectivity index (χ4v) is 3.35. The Morgan fingerprint density at radius 3 is 2.83 bits per heavy atom. The van der Waals surface area contributed by atoms with Gasteiger partial charge in [0.25, 0.3) is 5.91 Å². The molecule has 3 rings (SSSR count). The minimum Gasteiger partial charge on any atom is -0.487 e. The number of allylic oxidation sites excluding steroid dienone is 1. The van der Waals surface area contributed by atoms with Crippen molar-refractivity contribution in [1.82, 2.24) is 10.6 Å². The van der Waals surface area contributed by atoms with Crippen LogP contribution in [-0.2, 0) is 6.54 Å². The lowest BCUT2D eigenvalue weighted by Crippen LogP contribution is -2.43. The average molecular weight is 411 g/mol. The summed E-state index contributed by atoms with van der Waals surface area (Å²) >= 11 is 6.08. The molecule has 0 spiro atoms. The van der Waals surface area contributed by atoms with Gasteiger partial charge in [0.05, 0.1) is 0 Å². The molecule has 2 aromatic rings. The highest BCUT2D eigenvalue weighted by atomic mass is 35.5. The van der Waals surface area contributed by atoms with Gasteiger partial charge in [-0.3, -0.25) is 10.1 Å². The molecule has 0 saturated carbocycles. The lowest BCUT2D eigenvalue weighted by molar-refractivity contribution is 0.0942. The van der Waals surface area contributed by atoms with Gasteiger partial charge in [-0.1, -0.05) is 61.4 Å². The third-order valence-corrected chi connectivity index (χ3v) is 4.95. The van der Waals surface area contributed by atoms with Crippen LogP contribution in [0.4, 0.5) is 0 Å². The number of ether oxygens (including phenoxy) is 1. The SMILES string of the molecule is CCC/C=C(\C=C/C(C)Oc1ccccc1)C1NCc2ccc(Cl)cc2C(=O)N1. The summed E-state index contributed by atoms with van der Waals surface area (Å²) in [4.78, 5) is 12.7. The van der Waals surface area contributed by atoms with Crippen molar-refractivity contribution in [3.63, 3.8) is 0 Å². The Labute approximate surface area is 177 Å². The van der Waals surface area contributed by atoms with Crippen LogP contribution in [0.3, 0.4) is 0 Å². The number of carbonyl (C=O) groups excluding carboxylic acids is 1. The molecule has 0 saturated heterocycles. The second-order valence-corrected chi connectivity index (χ2v) is 7.51. The lowest BCUT2D eigenvalue weighted by atomic mass is 10.1. The summed E-state index contributed by atoms with van der Waals surface area (Å²) < 4.78 is 5.93. The quantitative estimate of drug-likeness (QED) is 0.613. The first-order chi connectivity index (χ1) is 14.1. The largest absolute Gasteiger partial charge is 0.487 e. The first-order valence-corrected chi connectivity index (χ1v) is 10.4. The van der Waals surface area contributed by atoms with Gasteiger partial charge in [-0.25, -0.2) is 0 Å². The molecule has 0 aliphatic carbocycles. The van der Waals surface area contributed by atoms with Crippen molar-refractivity contribution in [2.45, 2.75) is 45.5 Å². The fraction of sp³-hybridized carbons (Fsp3) is 0.292. The number of halogens is 1. The van der Waals surface area contributed by atoms with E-state index in [9.17, 15) is 4.79 Å². The molecule has 0 fully saturated rings. The Morgan fingerprint density at radius 2 is 2.07 bits per heavy atom. The molecule has 2 atom stereocenters. The topological polar surface area (TPSA) is 50.4 Å². The van der Waals surface area contributed by atoms with Crippen LogP contribution in [-0.4, -0.2) is 18.2 Å². The molecule has 2 aromatic carbocycles. The molecule has 0 bridgehead atoms. The van der Waals surface area contributed by atoms with E-state index in [-0.39, 0.29) is 18.2 Å². The van der Waals surface area contributed by atoms with Crippen molar-refractivity contribution in [2.75, 3.05) is 0 Å². The normalized spacial score (nSPS) is 18.1. The summed E-state index contributed by atoms with van der Waals surface area (Å²) in [6, 6.07) is 15.2. The molecule has 1 amide bonds. The van der Waals surface area contributed by atoms with Crippen LogP contribution in [0.25, 0.3) is 0 Å². The number of benzene rings is 2. The van der Waals surface area contributed by atoms with Crippen molar-refractivity contribution in [3.8, 4) is 5.75 Å². The fourth-order valence-electron chi connectivity index (χ4n) is 3.18. The summed E-state index contributed by atoms with van der Waals surface area (Å²) in [6.45, 7) is 4.72. The van der Waals surface area contributed by atoms with Gasteiger partial charge in [0.15, 0.2) is 0 Å². The van der Waals surface area contributed by atoms with Gasteiger partial charge in [-0.05, 0) is 54.8 Å². The minimum absolute atomic E-state index is 0.0973. The molecule has 0 aromatic heterocycles. The van der Waals surface area contributed by atoms with E-state index in [1.54, 1.807) is 6.07 Å². The molecule has 4 nitrogen and oxygen atoms in total. The third-order valence-electron chi connectivity index (χ3n) is 4.72. The lowest BCUT2D eigenvalue weighted by Gasteiger charge is -2.19. The molecular formula is C24H27ClN2O2. The molecule has 2 N–H and O–H groups in total. The van der Waals surface area contributed by atoms with E-state index < -0.39 is 0 Å². The number of rotatable bonds is 7. The number of carbonyl (C=O) groups is 1. The van der Waals surface area contributed by atoms with Crippen molar-refractivity contribution in [1.29, 1.82) is 0 Å². The number of nitrogens with one attached hydrogen (secondary N) is 2. The molecule has 5 heteroatoms. The molecule has 1 aliphatic rings. The number of fused-ring (bicyclic) bond motifs is 1. The van der Waals surface area contributed by atoms with Crippen LogP contribution in [0.2, 0.25) is 5.02 Å². The Hall–Kier alpha value is -2.56. The zero-order valence-corrected chi connectivity index (χ0v) is 17.6. The summed E-state index contributed by atoms with van der Waals surface area (Å²) in [5.74, 6) is 0.707. The van der Waals surface area contributed by atoms with Crippen LogP contribution in [0.5, 0.6) is 5.75 Å². The highest BCUT2D eigenvalue weighted by Gasteiger charge is 2.23. The van der Waals surface area contributed by atoms with Crippen molar-refractivity contribution >= 4 is 17.5 Å². The van der Waals surface area contributed by atoms with Gasteiger partial charge < -0.3 is 10.1 Å². The predicted octanol–water partition coefficient (Wildman–Crippen LogP) is 5.25. The van der Waals surface area contributed by atoms with E-state index in [0.29, 0.717) is 17.1 Å². The third kappa shape index (κ3) is 5.96. The van der Waals surface area contributed by atoms with E-state index in [4.69, 9.17) is 16.3 Å². The Morgan fingerprint density at radius 1 is 1.28 bits per heavy atom. The van der Waals surface area contributed by atoms with Crippen molar-refractivity contribution in [3.05, 3.63) is 88.5 Å². The molecule has 0 radical (unpaired) electrons. The molecule has 29 heavy (non-hydrogen) atoms. The first kappa shape index (κ1) is 21.2. The van der Waals surface area contributed by atoms with Crippen molar-refractivity contribution in [2.24, 2.45) is 0 Å². The number of hydrogen-bond acceptors (Lipinski definition) is 3. The van der Waals surface area contributed by atoms with Gasteiger partial charge >= 0.3 is 0 Å². The second-order valence-electron chi connectivity index (χ2n) is 7.08. The van der Waals surface area contributed by atoms with Gasteiger partial charge in [0.1, 0.15) is 18.0 Å². The highest BCUT2D eigenvalue weighted by molar-refractivity contribution is 6.31. The molecule has 2 unspecified atom stereocenters. The molecule has 1 heterocycles. The van der Waals surface area contributed by atoms with Gasteiger partial charge in [-0.15, -0.1) is 0 Å². The first-order valence-electron chi connectivity index (χ1n) is 9.99. The summed E-state index contributed by atoms with van der Waals surface area (Å²) in [7, 11) is 0. The van der Waals surface area contributed by atoms with Crippen LogP contribution in [0, 0.1) is 0 Å². The maximum absolute atomic E-state index is 12.7. The summed E-state index contributed by atoms with van der Waals surface area (Å²) in [6.07, 6.45) is 7.79. The minimum atomic E-state index is -0.277. The van der Waals surface area contributed by atoms with Gasteiger partial charge in [0, 0.05) is 17.1 Å². The number of para-hydroxylation sites is 1. The smallest absolute Gasteiger partial charge is 0.253 e. The molecule has 1 aliphatic heterocycles. The van der Waals surface area contributed by atoms with Crippen LogP contribution in [0.15, 0.2) is 72.3 Å². The summed E-state index contributed by atoms with van der Waals surface area (Å²) in [5, 5.41) is 7.07. The Balaban J connectivity index is 1.74.